The maximum atomic E-state index is 13.3. The van der Waals surface area contributed by atoms with Crippen LogP contribution in [-0.2, 0) is 0 Å². The average molecular weight is 232 g/mol. The third-order valence-corrected chi connectivity index (χ3v) is 3.91. The van der Waals surface area contributed by atoms with Gasteiger partial charge in [-0.05, 0) is 56.6 Å². The Morgan fingerprint density at radius 1 is 1.24 bits per heavy atom. The highest BCUT2D eigenvalue weighted by Gasteiger charge is 2.34. The third-order valence-electron chi connectivity index (χ3n) is 3.91. The molecule has 0 aliphatic heterocycles. The van der Waals surface area contributed by atoms with E-state index in [2.05, 4.69) is 35.8 Å². The molecule has 0 saturated heterocycles. The van der Waals surface area contributed by atoms with Crippen molar-refractivity contribution in [1.82, 2.24) is 9.47 Å². The molecule has 2 atom stereocenters. The molecular weight excluding hydrogens is 215 g/mol. The van der Waals surface area contributed by atoms with Gasteiger partial charge in [0.15, 0.2) is 0 Å². The maximum absolute atomic E-state index is 13.3. The summed E-state index contributed by atoms with van der Waals surface area (Å²) in [5.41, 5.74) is 1.02. The van der Waals surface area contributed by atoms with E-state index in [1.165, 1.54) is 18.9 Å². The summed E-state index contributed by atoms with van der Waals surface area (Å²) in [4.78, 5) is 2.26. The lowest BCUT2D eigenvalue weighted by Gasteiger charge is -2.42. The number of aromatic nitrogens is 1. The molecule has 0 bridgehead atoms. The highest BCUT2D eigenvalue weighted by atomic mass is 19.1. The molecule has 1 aromatic carbocycles. The van der Waals surface area contributed by atoms with E-state index < -0.39 is 0 Å². The van der Waals surface area contributed by atoms with E-state index in [0.717, 1.165) is 10.9 Å². The van der Waals surface area contributed by atoms with E-state index in [-0.39, 0.29) is 5.82 Å². The minimum absolute atomic E-state index is 0.154. The van der Waals surface area contributed by atoms with Gasteiger partial charge in [0.2, 0.25) is 0 Å². The topological polar surface area (TPSA) is 8.17 Å². The molecule has 2 aromatic rings. The Hall–Kier alpha value is -1.35. The number of hydrogen-bond acceptors (Lipinski definition) is 1. The first kappa shape index (κ1) is 10.8. The second-order valence-corrected chi connectivity index (χ2v) is 5.10. The molecule has 1 saturated carbocycles. The zero-order valence-electron chi connectivity index (χ0n) is 10.2. The van der Waals surface area contributed by atoms with Crippen LogP contribution < -0.4 is 0 Å². The first-order valence-electron chi connectivity index (χ1n) is 6.09. The molecule has 1 aliphatic rings. The molecule has 3 heteroatoms. The molecule has 0 radical (unpaired) electrons. The minimum atomic E-state index is -0.154. The number of benzene rings is 1. The van der Waals surface area contributed by atoms with Gasteiger partial charge in [-0.1, -0.05) is 0 Å². The van der Waals surface area contributed by atoms with Crippen molar-refractivity contribution in [3.63, 3.8) is 0 Å². The van der Waals surface area contributed by atoms with Crippen molar-refractivity contribution in [2.24, 2.45) is 0 Å². The van der Waals surface area contributed by atoms with Crippen LogP contribution in [0.4, 0.5) is 4.39 Å². The standard InChI is InChI=1S/C14H17FN2/c1-16(2)12-5-6-13(12)17-8-7-10-3-4-11(15)9-14(10)17/h3-4,7-9,12-13H,5-6H2,1-2H3. The quantitative estimate of drug-likeness (QED) is 0.772. The lowest BCUT2D eigenvalue weighted by molar-refractivity contribution is 0.116. The fraction of sp³-hybridized carbons (Fsp3) is 0.429. The zero-order chi connectivity index (χ0) is 12.0. The van der Waals surface area contributed by atoms with Crippen LogP contribution >= 0.6 is 0 Å². The Morgan fingerprint density at radius 3 is 2.71 bits per heavy atom. The summed E-state index contributed by atoms with van der Waals surface area (Å²) in [5.74, 6) is -0.154. The Kier molecular flexibility index (Phi) is 2.44. The number of likely N-dealkylation sites (N-methyl/N-ethyl adjacent to an activating group) is 1. The molecule has 0 N–H and O–H groups in total. The average Bonchev–Trinajstić information content (AvgIpc) is 2.59. The van der Waals surface area contributed by atoms with Crippen molar-refractivity contribution in [3.8, 4) is 0 Å². The smallest absolute Gasteiger partial charge is 0.125 e. The minimum Gasteiger partial charge on any atom is -0.343 e. The fourth-order valence-corrected chi connectivity index (χ4v) is 2.80. The van der Waals surface area contributed by atoms with E-state index >= 15 is 0 Å². The Labute approximate surface area is 101 Å². The van der Waals surface area contributed by atoms with Crippen LogP contribution in [0, 0.1) is 5.82 Å². The highest BCUT2D eigenvalue weighted by molar-refractivity contribution is 5.80. The van der Waals surface area contributed by atoms with Crippen LogP contribution in [-0.4, -0.2) is 29.6 Å². The summed E-state index contributed by atoms with van der Waals surface area (Å²) in [6.07, 6.45) is 4.50. The lowest BCUT2D eigenvalue weighted by atomic mass is 9.85. The SMILES string of the molecule is CN(C)C1CCC1n1ccc2ccc(F)cc21. The fourth-order valence-electron chi connectivity index (χ4n) is 2.80. The number of halogens is 1. The molecule has 2 unspecified atom stereocenters. The van der Waals surface area contributed by atoms with E-state index in [4.69, 9.17) is 0 Å². The monoisotopic (exact) mass is 232 g/mol. The summed E-state index contributed by atoms with van der Waals surface area (Å²) >= 11 is 0. The molecule has 0 spiro atoms. The predicted octanol–water partition coefficient (Wildman–Crippen LogP) is 3.05. The second-order valence-electron chi connectivity index (χ2n) is 5.10. The summed E-state index contributed by atoms with van der Waals surface area (Å²) in [7, 11) is 4.23. The van der Waals surface area contributed by atoms with Crippen molar-refractivity contribution in [1.29, 1.82) is 0 Å². The molecule has 0 amide bonds. The molecule has 1 aromatic heterocycles. The first-order valence-corrected chi connectivity index (χ1v) is 6.09. The first-order chi connectivity index (χ1) is 8.16. The van der Waals surface area contributed by atoms with Crippen molar-refractivity contribution in [2.75, 3.05) is 14.1 Å². The number of hydrogen-bond donors (Lipinski definition) is 0. The number of fused-ring (bicyclic) bond motifs is 1. The molecule has 1 fully saturated rings. The van der Waals surface area contributed by atoms with Gasteiger partial charge in [-0.3, -0.25) is 0 Å². The zero-order valence-corrected chi connectivity index (χ0v) is 10.2. The van der Waals surface area contributed by atoms with Crippen LogP contribution in [0.3, 0.4) is 0 Å². The van der Waals surface area contributed by atoms with E-state index in [0.29, 0.717) is 12.1 Å². The molecule has 1 heterocycles. The number of rotatable bonds is 2. The van der Waals surface area contributed by atoms with Gasteiger partial charge in [-0.15, -0.1) is 0 Å². The van der Waals surface area contributed by atoms with Crippen LogP contribution in [0.2, 0.25) is 0 Å². The van der Waals surface area contributed by atoms with Gasteiger partial charge in [-0.25, -0.2) is 4.39 Å². The second kappa shape index (κ2) is 3.84. The predicted molar refractivity (Wildman–Crippen MR) is 67.6 cm³/mol. The Bertz CT molecular complexity index is 544. The molecular formula is C14H17FN2. The third kappa shape index (κ3) is 1.65. The highest BCUT2D eigenvalue weighted by Crippen LogP contribution is 2.37. The molecule has 2 nitrogen and oxygen atoms in total. The normalized spacial score (nSPS) is 24.2. The van der Waals surface area contributed by atoms with Gasteiger partial charge in [0.05, 0.1) is 5.52 Å². The molecule has 90 valence electrons. The van der Waals surface area contributed by atoms with E-state index in [9.17, 15) is 4.39 Å². The van der Waals surface area contributed by atoms with Crippen molar-refractivity contribution >= 4 is 10.9 Å². The van der Waals surface area contributed by atoms with Gasteiger partial charge in [-0.2, -0.15) is 0 Å². The van der Waals surface area contributed by atoms with Gasteiger partial charge in [0.25, 0.3) is 0 Å². The van der Waals surface area contributed by atoms with Crippen LogP contribution in [0.1, 0.15) is 18.9 Å². The molecule has 3 rings (SSSR count). The van der Waals surface area contributed by atoms with Crippen molar-refractivity contribution in [2.45, 2.75) is 24.9 Å². The van der Waals surface area contributed by atoms with E-state index in [1.54, 1.807) is 6.07 Å². The summed E-state index contributed by atoms with van der Waals surface area (Å²) in [5, 5.41) is 1.12. The number of nitrogens with zero attached hydrogens (tertiary/aromatic N) is 2. The van der Waals surface area contributed by atoms with Crippen LogP contribution in [0.15, 0.2) is 30.5 Å². The van der Waals surface area contributed by atoms with Gasteiger partial charge in [0.1, 0.15) is 5.82 Å². The summed E-state index contributed by atoms with van der Waals surface area (Å²) < 4.78 is 15.5. The summed E-state index contributed by atoms with van der Waals surface area (Å²) in [6.45, 7) is 0. The lowest BCUT2D eigenvalue weighted by Crippen LogP contribution is -2.43. The largest absolute Gasteiger partial charge is 0.343 e. The molecule has 1 aliphatic carbocycles. The van der Waals surface area contributed by atoms with Crippen LogP contribution in [0.5, 0.6) is 0 Å². The van der Waals surface area contributed by atoms with E-state index in [1.807, 2.05) is 6.07 Å². The van der Waals surface area contributed by atoms with Gasteiger partial charge >= 0.3 is 0 Å². The Morgan fingerprint density at radius 2 is 2.06 bits per heavy atom. The van der Waals surface area contributed by atoms with Crippen LogP contribution in [0.25, 0.3) is 10.9 Å². The summed E-state index contributed by atoms with van der Waals surface area (Å²) in [6, 6.07) is 8.15. The van der Waals surface area contributed by atoms with Gasteiger partial charge < -0.3 is 9.47 Å². The maximum Gasteiger partial charge on any atom is 0.125 e. The van der Waals surface area contributed by atoms with Crippen molar-refractivity contribution < 1.29 is 4.39 Å². The Balaban J connectivity index is 2.03. The van der Waals surface area contributed by atoms with Crippen molar-refractivity contribution in [3.05, 3.63) is 36.3 Å². The molecule has 17 heavy (non-hydrogen) atoms. The van der Waals surface area contributed by atoms with Gasteiger partial charge in [0, 0.05) is 18.3 Å².